The first kappa shape index (κ1) is 19.3. The zero-order valence-electron chi connectivity index (χ0n) is 16.8. The number of carboxylic acids is 1. The molecule has 162 valence electrons. The van der Waals surface area contributed by atoms with Crippen LogP contribution >= 0.6 is 0 Å². The van der Waals surface area contributed by atoms with Gasteiger partial charge in [0.25, 0.3) is 0 Å². The number of aromatic carboxylic acids is 1. The van der Waals surface area contributed by atoms with E-state index in [1.165, 1.54) is 13.3 Å². The van der Waals surface area contributed by atoms with Gasteiger partial charge in [-0.05, 0) is 19.3 Å². The van der Waals surface area contributed by atoms with Crippen LogP contribution in [-0.2, 0) is 0 Å². The van der Waals surface area contributed by atoms with Crippen molar-refractivity contribution in [3.05, 3.63) is 40.2 Å². The molecule has 3 N–H and O–H groups in total. The van der Waals surface area contributed by atoms with Crippen LogP contribution in [0.15, 0.2) is 23.4 Å². The molecule has 1 aliphatic heterocycles. The number of carboxylic acid groups (broad SMARTS) is 1. The molecular weight excluding hydrogens is 407 g/mol. The van der Waals surface area contributed by atoms with Gasteiger partial charge in [0.15, 0.2) is 11.6 Å². The lowest BCUT2D eigenvalue weighted by atomic mass is 10.1. The minimum atomic E-state index is -1.38. The van der Waals surface area contributed by atoms with E-state index in [-0.39, 0.29) is 34.6 Å². The average molecular weight is 428 g/mol. The molecule has 1 aliphatic carbocycles. The predicted molar refractivity (Wildman–Crippen MR) is 110 cm³/mol. The second-order valence-electron chi connectivity index (χ2n) is 7.92. The summed E-state index contributed by atoms with van der Waals surface area (Å²) in [4.78, 5) is 26.4. The Kier molecular flexibility index (Phi) is 4.34. The van der Waals surface area contributed by atoms with Gasteiger partial charge in [-0.3, -0.25) is 4.79 Å². The highest BCUT2D eigenvalue weighted by atomic mass is 19.1. The monoisotopic (exact) mass is 428 g/mol. The zero-order chi connectivity index (χ0) is 21.9. The summed E-state index contributed by atoms with van der Waals surface area (Å²) in [6.45, 7) is 0.992. The number of methoxy groups -OCH3 is 1. The zero-order valence-corrected chi connectivity index (χ0v) is 16.8. The van der Waals surface area contributed by atoms with Crippen LogP contribution in [0, 0.1) is 5.82 Å². The van der Waals surface area contributed by atoms with Crippen LogP contribution in [0.3, 0.4) is 0 Å². The van der Waals surface area contributed by atoms with E-state index in [1.807, 2.05) is 4.90 Å². The van der Waals surface area contributed by atoms with Gasteiger partial charge < -0.3 is 25.0 Å². The maximum Gasteiger partial charge on any atom is 0.341 e. The molecule has 0 amide bonds. The molecule has 0 bridgehead atoms. The van der Waals surface area contributed by atoms with Crippen LogP contribution < -0.4 is 20.8 Å². The number of anilines is 2. The number of pyridine rings is 1. The Balaban J connectivity index is 1.75. The molecule has 1 saturated carbocycles. The van der Waals surface area contributed by atoms with E-state index in [9.17, 15) is 14.7 Å². The number of nitrogen functional groups attached to an aromatic ring is 1. The first-order valence-electron chi connectivity index (χ1n) is 10.00. The molecule has 1 saturated heterocycles. The van der Waals surface area contributed by atoms with Crippen LogP contribution in [0.4, 0.5) is 15.8 Å². The summed E-state index contributed by atoms with van der Waals surface area (Å²) in [6, 6.07) is 0.0119. The van der Waals surface area contributed by atoms with Crippen LogP contribution in [0.2, 0.25) is 0 Å². The highest BCUT2D eigenvalue weighted by Gasteiger charge is 2.35. The van der Waals surface area contributed by atoms with Gasteiger partial charge in [-0.1, -0.05) is 5.21 Å². The number of aromatic nitrogens is 4. The van der Waals surface area contributed by atoms with E-state index < -0.39 is 22.8 Å². The fourth-order valence-corrected chi connectivity index (χ4v) is 4.41. The number of nitrogens with zero attached hydrogens (tertiary/aromatic N) is 5. The second kappa shape index (κ2) is 6.96. The minimum absolute atomic E-state index is 0.00328. The van der Waals surface area contributed by atoms with Gasteiger partial charge >= 0.3 is 5.97 Å². The van der Waals surface area contributed by atoms with Crippen molar-refractivity contribution in [1.29, 1.82) is 0 Å². The topological polar surface area (TPSA) is 128 Å². The molecule has 5 rings (SSSR count). The molecule has 1 unspecified atom stereocenters. The van der Waals surface area contributed by atoms with Gasteiger partial charge in [0.1, 0.15) is 11.3 Å². The number of hydrogen-bond acceptors (Lipinski definition) is 7. The molecule has 3 heterocycles. The third kappa shape index (κ3) is 2.91. The van der Waals surface area contributed by atoms with Gasteiger partial charge in [0.2, 0.25) is 5.43 Å². The number of fused-ring (bicyclic) bond motifs is 1. The molecule has 0 radical (unpaired) electrons. The van der Waals surface area contributed by atoms with Crippen molar-refractivity contribution in [2.45, 2.75) is 31.3 Å². The quantitative estimate of drug-likeness (QED) is 0.589. The summed E-state index contributed by atoms with van der Waals surface area (Å²) in [7, 11) is 1.41. The standard InChI is InChI=1S/C20H21FN6O4/c1-31-19-16-13(18(28)12(20(29)30)9-26(16)10-2-3-10)15(22)14(21)17(19)25-6-4-11(8-25)27-7-5-23-24-27/h5,7,9-11H,2-4,6,8,22H2,1H3,(H,29,30). The molecule has 2 aromatic heterocycles. The number of ether oxygens (including phenoxy) is 1. The Morgan fingerprint density at radius 3 is 2.71 bits per heavy atom. The Labute approximate surface area is 175 Å². The highest BCUT2D eigenvalue weighted by Crippen LogP contribution is 2.47. The summed E-state index contributed by atoms with van der Waals surface area (Å²) in [5.41, 5.74) is 4.99. The first-order valence-corrected chi connectivity index (χ1v) is 10.00. The van der Waals surface area contributed by atoms with Gasteiger partial charge in [-0.15, -0.1) is 5.10 Å². The van der Waals surface area contributed by atoms with E-state index >= 15 is 4.39 Å². The average Bonchev–Trinajstić information content (AvgIpc) is 3.23. The Hall–Kier alpha value is -3.63. The SMILES string of the molecule is COc1c(N2CCC(n3ccnn3)C2)c(F)c(N)c2c(=O)c(C(=O)O)cn(C3CC3)c12. The van der Waals surface area contributed by atoms with E-state index in [1.54, 1.807) is 21.6 Å². The summed E-state index contributed by atoms with van der Waals surface area (Å²) < 4.78 is 24.6. The molecule has 3 aromatic rings. The number of hydrogen-bond donors (Lipinski definition) is 2. The fourth-order valence-electron chi connectivity index (χ4n) is 4.41. The lowest BCUT2D eigenvalue weighted by molar-refractivity contribution is 0.0695. The van der Waals surface area contributed by atoms with Crippen LogP contribution in [-0.4, -0.2) is 50.8 Å². The second-order valence-corrected chi connectivity index (χ2v) is 7.92. The Morgan fingerprint density at radius 2 is 2.10 bits per heavy atom. The molecule has 11 heteroatoms. The Morgan fingerprint density at radius 1 is 1.32 bits per heavy atom. The highest BCUT2D eigenvalue weighted by molar-refractivity contribution is 6.03. The molecule has 2 aliphatic rings. The largest absolute Gasteiger partial charge is 0.492 e. The Bertz CT molecular complexity index is 1250. The lowest BCUT2D eigenvalue weighted by Gasteiger charge is -2.25. The first-order chi connectivity index (χ1) is 14.9. The molecule has 2 fully saturated rings. The molecule has 31 heavy (non-hydrogen) atoms. The number of halogens is 1. The van der Waals surface area contributed by atoms with Gasteiger partial charge in [0, 0.05) is 31.5 Å². The van der Waals surface area contributed by atoms with Crippen LogP contribution in [0.5, 0.6) is 5.75 Å². The van der Waals surface area contributed by atoms with Crippen molar-refractivity contribution in [1.82, 2.24) is 19.6 Å². The number of benzene rings is 1. The summed E-state index contributed by atoms with van der Waals surface area (Å²) in [5, 5.41) is 17.2. The van der Waals surface area contributed by atoms with Crippen molar-refractivity contribution in [3.63, 3.8) is 0 Å². The molecular formula is C20H21FN6O4. The maximum absolute atomic E-state index is 15.6. The maximum atomic E-state index is 15.6. The van der Waals surface area contributed by atoms with Crippen molar-refractivity contribution >= 4 is 28.2 Å². The van der Waals surface area contributed by atoms with E-state index in [0.29, 0.717) is 18.6 Å². The van der Waals surface area contributed by atoms with Gasteiger partial charge in [-0.2, -0.15) is 0 Å². The summed E-state index contributed by atoms with van der Waals surface area (Å²) in [5.74, 6) is -1.98. The van der Waals surface area contributed by atoms with Gasteiger partial charge in [0.05, 0.1) is 35.9 Å². The molecule has 1 aromatic carbocycles. The number of nitrogens with two attached hydrogens (primary N) is 1. The number of rotatable bonds is 5. The third-order valence-corrected chi connectivity index (χ3v) is 6.05. The third-order valence-electron chi connectivity index (χ3n) is 6.05. The van der Waals surface area contributed by atoms with Crippen molar-refractivity contribution in [3.8, 4) is 5.75 Å². The van der Waals surface area contributed by atoms with Crippen molar-refractivity contribution in [2.24, 2.45) is 0 Å². The van der Waals surface area contributed by atoms with Crippen molar-refractivity contribution in [2.75, 3.05) is 30.8 Å². The lowest BCUT2D eigenvalue weighted by Crippen LogP contribution is -2.26. The smallest absolute Gasteiger partial charge is 0.341 e. The van der Waals surface area contributed by atoms with E-state index in [2.05, 4.69) is 10.3 Å². The normalized spacial score (nSPS) is 18.6. The predicted octanol–water partition coefficient (Wildman–Crippen LogP) is 1.81. The van der Waals surface area contributed by atoms with E-state index in [4.69, 9.17) is 10.5 Å². The van der Waals surface area contributed by atoms with E-state index in [0.717, 1.165) is 19.3 Å². The number of carbonyl (C=O) groups is 1. The molecule has 0 spiro atoms. The minimum Gasteiger partial charge on any atom is -0.492 e. The van der Waals surface area contributed by atoms with Crippen LogP contribution in [0.1, 0.15) is 41.7 Å². The van der Waals surface area contributed by atoms with Crippen molar-refractivity contribution < 1.29 is 19.0 Å². The summed E-state index contributed by atoms with van der Waals surface area (Å²) >= 11 is 0. The molecule has 1 atom stereocenters. The fraction of sp³-hybridized carbons (Fsp3) is 0.400. The van der Waals surface area contributed by atoms with Gasteiger partial charge in [-0.25, -0.2) is 13.9 Å². The molecule has 10 nitrogen and oxygen atoms in total. The summed E-state index contributed by atoms with van der Waals surface area (Å²) in [6.07, 6.45) is 7.03. The van der Waals surface area contributed by atoms with Crippen LogP contribution in [0.25, 0.3) is 10.9 Å².